The summed E-state index contributed by atoms with van der Waals surface area (Å²) in [5.74, 6) is -0.116. The van der Waals surface area contributed by atoms with E-state index in [9.17, 15) is 12.8 Å². The average molecular weight is 387 g/mol. The Morgan fingerprint density at radius 1 is 1.07 bits per heavy atom. The first-order chi connectivity index (χ1) is 12.8. The Balaban J connectivity index is 1.57. The highest BCUT2D eigenvalue weighted by Gasteiger charge is 2.63. The van der Waals surface area contributed by atoms with Crippen LogP contribution in [0.5, 0.6) is 0 Å². The molecule has 1 aliphatic carbocycles. The van der Waals surface area contributed by atoms with Crippen molar-refractivity contribution in [3.8, 4) is 11.5 Å². The zero-order valence-electron chi connectivity index (χ0n) is 14.8. The van der Waals surface area contributed by atoms with Gasteiger partial charge >= 0.3 is 0 Å². The van der Waals surface area contributed by atoms with Crippen molar-refractivity contribution in [3.05, 3.63) is 66.3 Å². The molecule has 0 unspecified atom stereocenters. The molecule has 1 fully saturated rings. The van der Waals surface area contributed by atoms with Crippen LogP contribution in [0.15, 0.2) is 63.9 Å². The van der Waals surface area contributed by atoms with Gasteiger partial charge in [0.1, 0.15) is 5.82 Å². The van der Waals surface area contributed by atoms with Gasteiger partial charge in [0.05, 0.1) is 10.8 Å². The lowest BCUT2D eigenvalue weighted by Gasteiger charge is -2.07. The molecular weight excluding hydrogens is 369 g/mol. The number of halogens is 1. The van der Waals surface area contributed by atoms with Crippen molar-refractivity contribution in [2.24, 2.45) is 5.41 Å². The fourth-order valence-electron chi connectivity index (χ4n) is 3.25. The maximum Gasteiger partial charge on any atom is 0.247 e. The third-order valence-electron chi connectivity index (χ3n) is 4.94. The Morgan fingerprint density at radius 2 is 1.81 bits per heavy atom. The molecule has 8 heteroatoms. The Hall–Kier alpha value is -2.58. The van der Waals surface area contributed by atoms with Crippen LogP contribution in [0.2, 0.25) is 0 Å². The Kier molecular flexibility index (Phi) is 4.12. The van der Waals surface area contributed by atoms with Gasteiger partial charge in [0.2, 0.25) is 21.8 Å². The molecule has 0 saturated heterocycles. The quantitative estimate of drug-likeness (QED) is 0.726. The summed E-state index contributed by atoms with van der Waals surface area (Å²) in [4.78, 5) is 0.206. The minimum absolute atomic E-state index is 0.205. The summed E-state index contributed by atoms with van der Waals surface area (Å²) in [6, 6.07) is 13.7. The van der Waals surface area contributed by atoms with E-state index in [1.165, 1.54) is 12.1 Å². The molecular formula is C19H18FN3O3S. The van der Waals surface area contributed by atoms with Gasteiger partial charge < -0.3 is 4.42 Å². The van der Waals surface area contributed by atoms with Crippen LogP contribution in [0.4, 0.5) is 4.39 Å². The number of hydrogen-bond donors (Lipinski definition) is 1. The van der Waals surface area contributed by atoms with Crippen LogP contribution in [0.25, 0.3) is 11.5 Å². The first-order valence-corrected chi connectivity index (χ1v) is 9.94. The van der Waals surface area contributed by atoms with E-state index in [1.807, 2.05) is 13.8 Å². The molecule has 3 aromatic rings. The Bertz CT molecular complexity index is 1080. The smallest absolute Gasteiger partial charge is 0.247 e. The summed E-state index contributed by atoms with van der Waals surface area (Å²) in [6.45, 7) is 3.86. The Labute approximate surface area is 156 Å². The van der Waals surface area contributed by atoms with Crippen LogP contribution in [-0.4, -0.2) is 24.7 Å². The highest BCUT2D eigenvalue weighted by molar-refractivity contribution is 7.89. The van der Waals surface area contributed by atoms with Crippen LogP contribution in [0.1, 0.15) is 25.7 Å². The van der Waals surface area contributed by atoms with Gasteiger partial charge in [0, 0.05) is 11.6 Å². The maximum absolute atomic E-state index is 13.4. The van der Waals surface area contributed by atoms with Crippen molar-refractivity contribution >= 4 is 10.0 Å². The standard InChI is InChI=1S/C19H18FN3O3S/c1-19(2)15(16(19)23-27(24,25)14-9-4-3-5-10-14)18-22-21-17(26-18)12-7-6-8-13(20)11-12/h3-11,15-16,23H,1-2H3/t15-,16-/m0/s1. The second-order valence-corrected chi connectivity index (χ2v) is 8.88. The minimum Gasteiger partial charge on any atom is -0.420 e. The van der Waals surface area contributed by atoms with Crippen LogP contribution >= 0.6 is 0 Å². The number of nitrogens with zero attached hydrogens (tertiary/aromatic N) is 2. The fraction of sp³-hybridized carbons (Fsp3) is 0.263. The maximum atomic E-state index is 13.4. The van der Waals surface area contributed by atoms with Gasteiger partial charge in [-0.15, -0.1) is 10.2 Å². The van der Waals surface area contributed by atoms with Crippen molar-refractivity contribution in [2.75, 3.05) is 0 Å². The van der Waals surface area contributed by atoms with E-state index in [2.05, 4.69) is 14.9 Å². The predicted molar refractivity (Wildman–Crippen MR) is 96.8 cm³/mol. The molecule has 0 amide bonds. The van der Waals surface area contributed by atoms with Gasteiger partial charge in [0.15, 0.2) is 0 Å². The molecule has 6 nitrogen and oxygen atoms in total. The number of nitrogens with one attached hydrogen (secondary N) is 1. The van der Waals surface area contributed by atoms with E-state index >= 15 is 0 Å². The third-order valence-corrected chi connectivity index (χ3v) is 6.40. The second-order valence-electron chi connectivity index (χ2n) is 7.17. The number of hydrogen-bond acceptors (Lipinski definition) is 5. The van der Waals surface area contributed by atoms with E-state index < -0.39 is 15.8 Å². The SMILES string of the molecule is CC1(C)[C@H](c2nnc(-c3cccc(F)c3)o2)[C@@H]1NS(=O)(=O)c1ccccc1. The summed E-state index contributed by atoms with van der Waals surface area (Å²) in [5.41, 5.74) is 0.0988. The molecule has 4 rings (SSSR count). The van der Waals surface area contributed by atoms with Gasteiger partial charge in [-0.05, 0) is 35.7 Å². The molecule has 1 heterocycles. The molecule has 1 N–H and O–H groups in total. The monoisotopic (exact) mass is 387 g/mol. The van der Waals surface area contributed by atoms with E-state index in [1.54, 1.807) is 42.5 Å². The second kappa shape index (κ2) is 6.24. The highest BCUT2D eigenvalue weighted by Crippen LogP contribution is 2.58. The van der Waals surface area contributed by atoms with Gasteiger partial charge in [0.25, 0.3) is 0 Å². The van der Waals surface area contributed by atoms with Crippen LogP contribution in [-0.2, 0) is 10.0 Å². The largest absolute Gasteiger partial charge is 0.420 e. The van der Waals surface area contributed by atoms with Crippen molar-refractivity contribution in [1.82, 2.24) is 14.9 Å². The first kappa shape index (κ1) is 17.8. The zero-order valence-corrected chi connectivity index (χ0v) is 15.6. The number of aromatic nitrogens is 2. The number of benzene rings is 2. The lowest BCUT2D eigenvalue weighted by atomic mass is 10.1. The lowest BCUT2D eigenvalue weighted by molar-refractivity contribution is 0.476. The van der Waals surface area contributed by atoms with Crippen LogP contribution in [0, 0.1) is 11.2 Å². The van der Waals surface area contributed by atoms with E-state index in [0.717, 1.165) is 0 Å². The van der Waals surface area contributed by atoms with E-state index in [0.29, 0.717) is 11.5 Å². The van der Waals surface area contributed by atoms with Gasteiger partial charge in [-0.1, -0.05) is 38.1 Å². The molecule has 0 aliphatic heterocycles. The highest BCUT2D eigenvalue weighted by atomic mass is 32.2. The van der Waals surface area contributed by atoms with Crippen molar-refractivity contribution in [3.63, 3.8) is 0 Å². The zero-order chi connectivity index (χ0) is 19.2. The number of sulfonamides is 1. The Morgan fingerprint density at radius 3 is 2.52 bits per heavy atom. The first-order valence-electron chi connectivity index (χ1n) is 8.46. The van der Waals surface area contributed by atoms with E-state index in [-0.39, 0.29) is 28.2 Å². The summed E-state index contributed by atoms with van der Waals surface area (Å²) < 4.78 is 47.0. The summed E-state index contributed by atoms with van der Waals surface area (Å²) >= 11 is 0. The molecule has 2 atom stereocenters. The molecule has 1 saturated carbocycles. The molecule has 0 bridgehead atoms. The number of rotatable bonds is 5. The molecule has 1 aromatic heterocycles. The molecule has 1 aliphatic rings. The summed E-state index contributed by atoms with van der Waals surface area (Å²) in [6.07, 6.45) is 0. The summed E-state index contributed by atoms with van der Waals surface area (Å²) in [7, 11) is -3.65. The molecule has 140 valence electrons. The van der Waals surface area contributed by atoms with E-state index in [4.69, 9.17) is 4.42 Å². The lowest BCUT2D eigenvalue weighted by Crippen LogP contribution is -2.29. The van der Waals surface area contributed by atoms with Crippen LogP contribution < -0.4 is 4.72 Å². The molecule has 0 spiro atoms. The molecule has 0 radical (unpaired) electrons. The molecule has 27 heavy (non-hydrogen) atoms. The van der Waals surface area contributed by atoms with Gasteiger partial charge in [-0.2, -0.15) is 0 Å². The average Bonchev–Trinajstić information content (AvgIpc) is 2.99. The van der Waals surface area contributed by atoms with Crippen molar-refractivity contribution in [2.45, 2.75) is 30.7 Å². The third kappa shape index (κ3) is 3.26. The van der Waals surface area contributed by atoms with Gasteiger partial charge in [-0.25, -0.2) is 17.5 Å². The topological polar surface area (TPSA) is 85.1 Å². The van der Waals surface area contributed by atoms with Crippen LogP contribution in [0.3, 0.4) is 0 Å². The normalized spacial score (nSPS) is 21.1. The van der Waals surface area contributed by atoms with Crippen molar-refractivity contribution < 1.29 is 17.2 Å². The summed E-state index contributed by atoms with van der Waals surface area (Å²) in [5, 5.41) is 8.04. The predicted octanol–water partition coefficient (Wildman–Crippen LogP) is 3.35. The van der Waals surface area contributed by atoms with Crippen molar-refractivity contribution in [1.29, 1.82) is 0 Å². The van der Waals surface area contributed by atoms with Gasteiger partial charge in [-0.3, -0.25) is 0 Å². The molecule has 2 aromatic carbocycles. The fourth-order valence-corrected chi connectivity index (χ4v) is 4.68. The minimum atomic E-state index is -3.65.